The number of anilines is 1. The number of fused-ring (bicyclic) bond motifs is 1. The Morgan fingerprint density at radius 2 is 1.98 bits per heavy atom. The molecule has 1 saturated carbocycles. The Morgan fingerprint density at radius 1 is 1.24 bits per heavy atom. The second-order valence-corrected chi connectivity index (χ2v) is 11.9. The lowest BCUT2D eigenvalue weighted by atomic mass is 9.53. The minimum Gasteiger partial charge on any atom is -0.508 e. The van der Waals surface area contributed by atoms with Gasteiger partial charge in [0.2, 0.25) is 0 Å². The molecule has 2 aliphatic carbocycles. The van der Waals surface area contributed by atoms with Gasteiger partial charge in [-0.05, 0) is 75.8 Å². The number of phenols is 1. The molecule has 2 heterocycles. The van der Waals surface area contributed by atoms with Crippen LogP contribution in [0.4, 0.5) is 18.9 Å². The van der Waals surface area contributed by atoms with E-state index in [1.165, 1.54) is 26.2 Å². The predicted octanol–water partition coefficient (Wildman–Crippen LogP) is 4.68. The van der Waals surface area contributed by atoms with E-state index in [0.717, 1.165) is 37.1 Å². The van der Waals surface area contributed by atoms with Crippen molar-refractivity contribution in [3.05, 3.63) is 58.4 Å². The molecule has 4 aliphatic rings. The summed E-state index contributed by atoms with van der Waals surface area (Å²) in [5.41, 5.74) is -2.37. The molecule has 1 spiro atoms. The van der Waals surface area contributed by atoms with Crippen molar-refractivity contribution in [2.45, 2.75) is 68.9 Å². The number of halogens is 3. The summed E-state index contributed by atoms with van der Waals surface area (Å²) in [5.74, 6) is -0.766. The number of aliphatic hydroxyl groups is 2. The number of aliphatic hydroxyl groups excluding tert-OH is 1. The van der Waals surface area contributed by atoms with Crippen LogP contribution in [-0.2, 0) is 22.8 Å². The molecule has 41 heavy (non-hydrogen) atoms. The Labute approximate surface area is 235 Å². The maximum absolute atomic E-state index is 13.4. The Balaban J connectivity index is 1.38. The highest BCUT2D eigenvalue weighted by Gasteiger charge is 2.69. The molecule has 0 unspecified atom stereocenters. The van der Waals surface area contributed by atoms with Gasteiger partial charge in [0, 0.05) is 29.9 Å². The molecule has 6 rings (SSSR count). The standard InChI is InChI=1S/C30H33F3N2O6/c1-15(27(38)34-19-11-18(30(31,32)33)12-20(13-19)40-3)24(37)26-29-8-9-35(14-16-4-5-16)22(28(29,2)39)10-17-6-7-21(36)25(41-26)23(17)29/h6-7,11-13,16,22,26,36-37,39H,4-5,8-10,14H2,1-3H3,(H,34,38)/b24-15-/t22-,26+,28-,29+/m1/s1. The van der Waals surface area contributed by atoms with Gasteiger partial charge in [0.1, 0.15) is 11.5 Å². The van der Waals surface area contributed by atoms with Gasteiger partial charge in [0.25, 0.3) is 5.91 Å². The smallest absolute Gasteiger partial charge is 0.416 e. The molecule has 4 atom stereocenters. The second-order valence-electron chi connectivity index (χ2n) is 11.9. The van der Waals surface area contributed by atoms with Crippen molar-refractivity contribution in [2.75, 3.05) is 25.5 Å². The van der Waals surface area contributed by atoms with E-state index in [1.807, 2.05) is 6.07 Å². The number of carbonyl (C=O) groups is 1. The zero-order chi connectivity index (χ0) is 29.5. The molecule has 8 nitrogen and oxygen atoms in total. The van der Waals surface area contributed by atoms with Gasteiger partial charge in [-0.3, -0.25) is 9.69 Å². The van der Waals surface area contributed by atoms with Crippen molar-refractivity contribution >= 4 is 11.6 Å². The summed E-state index contributed by atoms with van der Waals surface area (Å²) >= 11 is 0. The van der Waals surface area contributed by atoms with Crippen LogP contribution in [0.3, 0.4) is 0 Å². The van der Waals surface area contributed by atoms with Gasteiger partial charge in [-0.2, -0.15) is 13.2 Å². The summed E-state index contributed by atoms with van der Waals surface area (Å²) in [6, 6.07) is 5.92. The van der Waals surface area contributed by atoms with E-state index < -0.39 is 40.5 Å². The summed E-state index contributed by atoms with van der Waals surface area (Å²) in [5, 5.41) is 37.0. The van der Waals surface area contributed by atoms with E-state index in [0.29, 0.717) is 30.9 Å². The van der Waals surface area contributed by atoms with E-state index in [9.17, 15) is 33.3 Å². The fourth-order valence-corrected chi connectivity index (χ4v) is 7.06. The quantitative estimate of drug-likeness (QED) is 0.293. The molecule has 1 amide bonds. The first kappa shape index (κ1) is 27.7. The molecule has 220 valence electrons. The van der Waals surface area contributed by atoms with E-state index in [4.69, 9.17) is 9.47 Å². The first-order valence-corrected chi connectivity index (χ1v) is 13.7. The lowest BCUT2D eigenvalue weighted by Gasteiger charge is -2.59. The van der Waals surface area contributed by atoms with Crippen LogP contribution in [0.15, 0.2) is 41.7 Å². The molecule has 1 saturated heterocycles. The van der Waals surface area contributed by atoms with E-state index in [2.05, 4.69) is 10.2 Å². The number of piperidine rings is 1. The lowest BCUT2D eigenvalue weighted by molar-refractivity contribution is -0.153. The number of ether oxygens (including phenoxy) is 2. The van der Waals surface area contributed by atoms with Crippen molar-refractivity contribution in [3.63, 3.8) is 0 Å². The van der Waals surface area contributed by atoms with Crippen LogP contribution in [0.1, 0.15) is 49.8 Å². The van der Waals surface area contributed by atoms with Crippen LogP contribution in [0.2, 0.25) is 0 Å². The van der Waals surface area contributed by atoms with Gasteiger partial charge in [-0.15, -0.1) is 0 Å². The summed E-state index contributed by atoms with van der Waals surface area (Å²) in [7, 11) is 1.22. The molecule has 2 fully saturated rings. The Kier molecular flexibility index (Phi) is 6.28. The molecule has 2 aliphatic heterocycles. The van der Waals surface area contributed by atoms with Crippen LogP contribution in [0, 0.1) is 5.92 Å². The number of carbonyl (C=O) groups excluding carboxylic acids is 1. The molecule has 2 aromatic rings. The fourth-order valence-electron chi connectivity index (χ4n) is 7.06. The van der Waals surface area contributed by atoms with Crippen LogP contribution in [0.5, 0.6) is 17.2 Å². The summed E-state index contributed by atoms with van der Waals surface area (Å²) in [4.78, 5) is 15.6. The first-order valence-electron chi connectivity index (χ1n) is 13.7. The SMILES string of the molecule is COc1cc(NC(=O)/C(C)=C(\O)[C@@H]2Oc3c(O)ccc4c3[C@@]23CCN(CC2CC2)[C@H](C4)[C@@]3(C)O)cc(C(F)(F)F)c1. The second kappa shape index (κ2) is 9.29. The normalized spacial score (nSPS) is 29.3. The topological polar surface area (TPSA) is 111 Å². The number of nitrogens with zero attached hydrogens (tertiary/aromatic N) is 1. The third-order valence-corrected chi connectivity index (χ3v) is 9.44. The van der Waals surface area contributed by atoms with E-state index >= 15 is 0 Å². The number of nitrogens with one attached hydrogen (secondary N) is 1. The molecule has 4 N–H and O–H groups in total. The molecular formula is C30H33F3N2O6. The monoisotopic (exact) mass is 574 g/mol. The zero-order valence-electron chi connectivity index (χ0n) is 23.0. The average molecular weight is 575 g/mol. The number of methoxy groups -OCH3 is 1. The summed E-state index contributed by atoms with van der Waals surface area (Å²) in [6.45, 7) is 4.57. The molecule has 0 radical (unpaired) electrons. The number of hydrogen-bond donors (Lipinski definition) is 4. The van der Waals surface area contributed by atoms with Gasteiger partial charge in [-0.1, -0.05) is 6.07 Å². The fraction of sp³-hybridized carbons (Fsp3) is 0.500. The third-order valence-electron chi connectivity index (χ3n) is 9.44. The van der Waals surface area contributed by atoms with Gasteiger partial charge in [-0.25, -0.2) is 0 Å². The number of likely N-dealkylation sites (tertiary alicyclic amines) is 1. The molecular weight excluding hydrogens is 541 g/mol. The van der Waals surface area contributed by atoms with Crippen LogP contribution >= 0.6 is 0 Å². The summed E-state index contributed by atoms with van der Waals surface area (Å²) < 4.78 is 51.4. The van der Waals surface area contributed by atoms with E-state index in [-0.39, 0.29) is 34.6 Å². The Bertz CT molecular complexity index is 1450. The summed E-state index contributed by atoms with van der Waals surface area (Å²) in [6.07, 6.45) is -2.60. The van der Waals surface area contributed by atoms with E-state index in [1.54, 1.807) is 6.92 Å². The lowest BCUT2D eigenvalue weighted by Crippen LogP contribution is -2.73. The van der Waals surface area contributed by atoms with Crippen molar-refractivity contribution < 1.29 is 42.8 Å². The largest absolute Gasteiger partial charge is 0.508 e. The highest BCUT2D eigenvalue weighted by molar-refractivity contribution is 6.04. The van der Waals surface area contributed by atoms with Gasteiger partial charge >= 0.3 is 6.18 Å². The maximum Gasteiger partial charge on any atom is 0.416 e. The molecule has 11 heteroatoms. The van der Waals surface area contributed by atoms with Crippen molar-refractivity contribution in [3.8, 4) is 17.2 Å². The third kappa shape index (κ3) is 4.23. The van der Waals surface area contributed by atoms with Gasteiger partial charge in [0.15, 0.2) is 17.6 Å². The maximum atomic E-state index is 13.4. The predicted molar refractivity (Wildman–Crippen MR) is 143 cm³/mol. The number of hydrogen-bond acceptors (Lipinski definition) is 7. The first-order chi connectivity index (χ1) is 19.3. The van der Waals surface area contributed by atoms with Crippen LogP contribution < -0.4 is 14.8 Å². The highest BCUT2D eigenvalue weighted by Crippen LogP contribution is 2.63. The Morgan fingerprint density at radius 3 is 2.63 bits per heavy atom. The number of alkyl halides is 3. The van der Waals surface area contributed by atoms with Crippen LogP contribution in [0.25, 0.3) is 0 Å². The van der Waals surface area contributed by atoms with Crippen LogP contribution in [-0.4, -0.2) is 64.1 Å². The average Bonchev–Trinajstić information content (AvgIpc) is 3.66. The molecule has 2 aromatic carbocycles. The van der Waals surface area contributed by atoms with Crippen molar-refractivity contribution in [2.24, 2.45) is 5.92 Å². The Hall–Kier alpha value is -3.44. The number of amides is 1. The highest BCUT2D eigenvalue weighted by atomic mass is 19.4. The molecule has 2 bridgehead atoms. The number of phenolic OH excluding ortho intramolecular Hbond substituents is 1. The minimum absolute atomic E-state index is 0.0975. The molecule has 0 aromatic heterocycles. The van der Waals surface area contributed by atoms with Crippen molar-refractivity contribution in [1.29, 1.82) is 0 Å². The van der Waals surface area contributed by atoms with Gasteiger partial charge < -0.3 is 30.1 Å². The zero-order valence-corrected chi connectivity index (χ0v) is 23.0. The number of benzene rings is 2. The van der Waals surface area contributed by atoms with Gasteiger partial charge in [0.05, 0.1) is 29.3 Å². The van der Waals surface area contributed by atoms with Crippen molar-refractivity contribution in [1.82, 2.24) is 4.90 Å². The number of rotatable bonds is 6. The minimum atomic E-state index is -4.67. The number of aromatic hydroxyl groups is 1.